The topological polar surface area (TPSA) is 83.8 Å². The Labute approximate surface area is 144 Å². The van der Waals surface area contributed by atoms with E-state index < -0.39 is 5.91 Å². The monoisotopic (exact) mass is 340 g/mol. The van der Waals surface area contributed by atoms with Gasteiger partial charge in [-0.05, 0) is 37.1 Å². The summed E-state index contributed by atoms with van der Waals surface area (Å²) in [6.07, 6.45) is 2.39. The third-order valence-electron chi connectivity index (χ3n) is 4.46. The zero-order valence-electron chi connectivity index (χ0n) is 13.0. The molecule has 1 aromatic heterocycles. The first-order chi connectivity index (χ1) is 11.6. The van der Waals surface area contributed by atoms with Gasteiger partial charge in [0.05, 0.1) is 11.1 Å². The molecule has 4 rings (SSSR count). The molecule has 0 spiro atoms. The SMILES string of the molecule is NC(=O)c1cc(Cl)cc2[nH]c(-c3ccc(C4CCCN4)cc3)nc12. The maximum atomic E-state index is 11.6. The predicted molar refractivity (Wildman–Crippen MR) is 95.0 cm³/mol. The Morgan fingerprint density at radius 3 is 2.71 bits per heavy atom. The fourth-order valence-corrected chi connectivity index (χ4v) is 3.47. The smallest absolute Gasteiger partial charge is 0.251 e. The Kier molecular flexibility index (Phi) is 3.75. The lowest BCUT2D eigenvalue weighted by atomic mass is 10.0. The standard InChI is InChI=1S/C18H17ClN4O/c19-12-8-13(17(20)24)16-15(9-12)22-18(23-16)11-5-3-10(4-6-11)14-2-1-7-21-14/h3-6,8-9,14,21H,1-2,7H2,(H2,20,24)(H,22,23). The molecule has 1 aliphatic rings. The van der Waals surface area contributed by atoms with Gasteiger partial charge in [-0.2, -0.15) is 0 Å². The number of amides is 1. The third-order valence-corrected chi connectivity index (χ3v) is 4.68. The van der Waals surface area contributed by atoms with Crippen molar-refractivity contribution in [2.24, 2.45) is 5.73 Å². The largest absolute Gasteiger partial charge is 0.366 e. The fraction of sp³-hybridized carbons (Fsp3) is 0.222. The van der Waals surface area contributed by atoms with Gasteiger partial charge in [-0.15, -0.1) is 0 Å². The molecule has 4 N–H and O–H groups in total. The molecule has 1 saturated heterocycles. The number of rotatable bonds is 3. The Bertz CT molecular complexity index is 911. The van der Waals surface area contributed by atoms with Crippen LogP contribution in [0.1, 0.15) is 34.8 Å². The number of nitrogens with one attached hydrogen (secondary N) is 2. The number of aromatic nitrogens is 2. The zero-order valence-corrected chi connectivity index (χ0v) is 13.7. The van der Waals surface area contributed by atoms with Crippen molar-refractivity contribution in [1.82, 2.24) is 15.3 Å². The van der Waals surface area contributed by atoms with E-state index in [-0.39, 0.29) is 0 Å². The van der Waals surface area contributed by atoms with E-state index in [9.17, 15) is 4.79 Å². The lowest BCUT2D eigenvalue weighted by molar-refractivity contribution is 0.100. The number of primary amides is 1. The van der Waals surface area contributed by atoms with Crippen molar-refractivity contribution in [1.29, 1.82) is 0 Å². The molecule has 0 bridgehead atoms. The van der Waals surface area contributed by atoms with E-state index in [0.29, 0.717) is 33.5 Å². The highest BCUT2D eigenvalue weighted by Crippen LogP contribution is 2.28. The van der Waals surface area contributed by atoms with Gasteiger partial charge in [0, 0.05) is 16.6 Å². The molecule has 1 fully saturated rings. The minimum atomic E-state index is -0.539. The van der Waals surface area contributed by atoms with Gasteiger partial charge in [-0.1, -0.05) is 35.9 Å². The number of benzene rings is 2. The fourth-order valence-electron chi connectivity index (χ4n) is 3.25. The van der Waals surface area contributed by atoms with Gasteiger partial charge in [0.15, 0.2) is 0 Å². The van der Waals surface area contributed by atoms with Gasteiger partial charge in [0.2, 0.25) is 0 Å². The van der Waals surface area contributed by atoms with Crippen molar-refractivity contribution < 1.29 is 4.79 Å². The number of nitrogens with two attached hydrogens (primary N) is 1. The lowest BCUT2D eigenvalue weighted by Gasteiger charge is -2.10. The number of fused-ring (bicyclic) bond motifs is 1. The average Bonchev–Trinajstić information content (AvgIpc) is 3.23. The van der Waals surface area contributed by atoms with Gasteiger partial charge >= 0.3 is 0 Å². The number of halogens is 1. The zero-order chi connectivity index (χ0) is 16.7. The van der Waals surface area contributed by atoms with Crippen LogP contribution in [0.3, 0.4) is 0 Å². The molecule has 6 heteroatoms. The van der Waals surface area contributed by atoms with Crippen LogP contribution >= 0.6 is 11.6 Å². The van der Waals surface area contributed by atoms with Crippen molar-refractivity contribution in [2.75, 3.05) is 6.54 Å². The normalized spacial score (nSPS) is 17.5. The molecule has 2 aromatic carbocycles. The molecule has 0 aliphatic carbocycles. The number of H-pyrrole nitrogens is 1. The second-order valence-electron chi connectivity index (χ2n) is 6.07. The first-order valence-electron chi connectivity index (χ1n) is 7.94. The van der Waals surface area contributed by atoms with E-state index in [1.165, 1.54) is 18.4 Å². The van der Waals surface area contributed by atoms with E-state index in [1.807, 2.05) is 12.1 Å². The van der Waals surface area contributed by atoms with Gasteiger partial charge in [0.1, 0.15) is 11.3 Å². The molecule has 0 saturated carbocycles. The van der Waals surface area contributed by atoms with E-state index >= 15 is 0 Å². The van der Waals surface area contributed by atoms with E-state index in [1.54, 1.807) is 12.1 Å². The molecule has 122 valence electrons. The van der Waals surface area contributed by atoms with Crippen molar-refractivity contribution in [3.63, 3.8) is 0 Å². The van der Waals surface area contributed by atoms with Gasteiger partial charge < -0.3 is 16.0 Å². The maximum Gasteiger partial charge on any atom is 0.251 e. The molecule has 24 heavy (non-hydrogen) atoms. The summed E-state index contributed by atoms with van der Waals surface area (Å²) in [6, 6.07) is 12.1. The maximum absolute atomic E-state index is 11.6. The second-order valence-corrected chi connectivity index (χ2v) is 6.51. The van der Waals surface area contributed by atoms with Crippen molar-refractivity contribution in [3.05, 3.63) is 52.5 Å². The summed E-state index contributed by atoms with van der Waals surface area (Å²) in [7, 11) is 0. The number of imidazole rings is 1. The quantitative estimate of drug-likeness (QED) is 0.683. The van der Waals surface area contributed by atoms with Gasteiger partial charge in [-0.25, -0.2) is 4.98 Å². The molecular weight excluding hydrogens is 324 g/mol. The summed E-state index contributed by atoms with van der Waals surface area (Å²) in [6.45, 7) is 1.08. The highest BCUT2D eigenvalue weighted by atomic mass is 35.5. The van der Waals surface area contributed by atoms with Crippen LogP contribution in [0.15, 0.2) is 36.4 Å². The Morgan fingerprint density at radius 1 is 1.25 bits per heavy atom. The highest BCUT2D eigenvalue weighted by molar-refractivity contribution is 6.32. The minimum Gasteiger partial charge on any atom is -0.366 e. The Morgan fingerprint density at radius 2 is 2.04 bits per heavy atom. The summed E-state index contributed by atoms with van der Waals surface area (Å²) in [5.41, 5.74) is 9.24. The van der Waals surface area contributed by atoms with E-state index in [2.05, 4.69) is 27.4 Å². The van der Waals surface area contributed by atoms with Crippen LogP contribution in [0.4, 0.5) is 0 Å². The van der Waals surface area contributed by atoms with Crippen LogP contribution in [-0.4, -0.2) is 22.4 Å². The molecular formula is C18H17ClN4O. The predicted octanol–water partition coefficient (Wildman–Crippen LogP) is 3.41. The summed E-state index contributed by atoms with van der Waals surface area (Å²) >= 11 is 6.05. The van der Waals surface area contributed by atoms with Crippen molar-refractivity contribution in [2.45, 2.75) is 18.9 Å². The van der Waals surface area contributed by atoms with Crippen molar-refractivity contribution >= 4 is 28.5 Å². The molecule has 5 nitrogen and oxygen atoms in total. The van der Waals surface area contributed by atoms with E-state index in [4.69, 9.17) is 17.3 Å². The summed E-state index contributed by atoms with van der Waals surface area (Å²) in [5.74, 6) is 0.156. The summed E-state index contributed by atoms with van der Waals surface area (Å²) in [5, 5.41) is 3.94. The molecule has 1 aliphatic heterocycles. The highest BCUT2D eigenvalue weighted by Gasteiger charge is 2.17. The first-order valence-corrected chi connectivity index (χ1v) is 8.32. The molecule has 2 heterocycles. The molecule has 1 unspecified atom stereocenters. The number of hydrogen-bond acceptors (Lipinski definition) is 3. The second kappa shape index (κ2) is 5.92. The number of carbonyl (C=O) groups excluding carboxylic acids is 1. The Balaban J connectivity index is 1.73. The minimum absolute atomic E-state index is 0.326. The van der Waals surface area contributed by atoms with Crippen LogP contribution in [0.25, 0.3) is 22.4 Å². The number of aromatic amines is 1. The van der Waals surface area contributed by atoms with E-state index in [0.717, 1.165) is 12.1 Å². The number of carbonyl (C=O) groups is 1. The van der Waals surface area contributed by atoms with Crippen LogP contribution in [0, 0.1) is 0 Å². The third kappa shape index (κ3) is 2.66. The van der Waals surface area contributed by atoms with Crippen LogP contribution in [0.2, 0.25) is 5.02 Å². The number of nitrogens with zero attached hydrogens (tertiary/aromatic N) is 1. The van der Waals surface area contributed by atoms with Gasteiger partial charge in [-0.3, -0.25) is 4.79 Å². The average molecular weight is 341 g/mol. The molecule has 1 amide bonds. The Hall–Kier alpha value is -2.37. The molecule has 1 atom stereocenters. The molecule has 0 radical (unpaired) electrons. The van der Waals surface area contributed by atoms with Crippen LogP contribution in [0.5, 0.6) is 0 Å². The van der Waals surface area contributed by atoms with Crippen LogP contribution in [-0.2, 0) is 0 Å². The molecule has 3 aromatic rings. The van der Waals surface area contributed by atoms with Gasteiger partial charge in [0.25, 0.3) is 5.91 Å². The first kappa shape index (κ1) is 15.2. The lowest BCUT2D eigenvalue weighted by Crippen LogP contribution is -2.12. The van der Waals surface area contributed by atoms with Crippen molar-refractivity contribution in [3.8, 4) is 11.4 Å². The summed E-state index contributed by atoms with van der Waals surface area (Å²) in [4.78, 5) is 19.4. The van der Waals surface area contributed by atoms with Crippen LogP contribution < -0.4 is 11.1 Å². The number of hydrogen-bond donors (Lipinski definition) is 3. The summed E-state index contributed by atoms with van der Waals surface area (Å²) < 4.78 is 0.